The zero-order valence-electron chi connectivity index (χ0n) is 15.9. The van der Waals surface area contributed by atoms with Crippen molar-refractivity contribution in [3.05, 3.63) is 53.6 Å². The number of rotatable bonds is 7. The molecule has 0 bridgehead atoms. The molecule has 0 aliphatic carbocycles. The molecule has 0 fully saturated rings. The van der Waals surface area contributed by atoms with Crippen LogP contribution in [0, 0.1) is 0 Å². The lowest BCUT2D eigenvalue weighted by Crippen LogP contribution is -1.97. The van der Waals surface area contributed by atoms with Gasteiger partial charge in [0, 0.05) is 0 Å². The first kappa shape index (κ1) is 19.2. The molecular weight excluding hydrogens is 330 g/mol. The molecule has 0 saturated carbocycles. The van der Waals surface area contributed by atoms with Crippen molar-refractivity contribution in [2.45, 2.75) is 6.92 Å². The Morgan fingerprint density at radius 1 is 0.885 bits per heavy atom. The number of hydrogen-bond donors (Lipinski definition) is 1. The molecule has 0 unspecified atom stereocenters. The zero-order chi connectivity index (χ0) is 19.3. The van der Waals surface area contributed by atoms with E-state index in [1.165, 1.54) is 0 Å². The Morgan fingerprint density at radius 3 is 1.92 bits per heavy atom. The third-order valence-corrected chi connectivity index (χ3v) is 4.13. The Kier molecular flexibility index (Phi) is 6.17. The Balaban J connectivity index is 2.40. The fourth-order valence-corrected chi connectivity index (χ4v) is 2.66. The van der Waals surface area contributed by atoms with E-state index in [0.717, 1.165) is 22.3 Å². The van der Waals surface area contributed by atoms with Gasteiger partial charge in [0.25, 0.3) is 0 Å². The third kappa shape index (κ3) is 3.94. The van der Waals surface area contributed by atoms with Gasteiger partial charge >= 0.3 is 0 Å². The molecule has 5 heteroatoms. The quantitative estimate of drug-likeness (QED) is 0.588. The van der Waals surface area contributed by atoms with Gasteiger partial charge in [0.15, 0.2) is 11.5 Å². The highest BCUT2D eigenvalue weighted by atomic mass is 16.5. The SMILES string of the molecule is C=C(/C(C)=C/c1ccc(OC)c(N)c1)c1cc(OC)c(OC)c(OC)c1. The smallest absolute Gasteiger partial charge is 0.203 e. The minimum atomic E-state index is 0.552. The molecule has 5 nitrogen and oxygen atoms in total. The van der Waals surface area contributed by atoms with E-state index in [-0.39, 0.29) is 0 Å². The second-order valence-electron chi connectivity index (χ2n) is 5.72. The van der Waals surface area contributed by atoms with Gasteiger partial charge in [-0.25, -0.2) is 0 Å². The number of hydrogen-bond acceptors (Lipinski definition) is 5. The molecule has 0 spiro atoms. The van der Waals surface area contributed by atoms with E-state index in [9.17, 15) is 0 Å². The van der Waals surface area contributed by atoms with Crippen molar-refractivity contribution in [1.82, 2.24) is 0 Å². The molecule has 0 atom stereocenters. The lowest BCUT2D eigenvalue weighted by molar-refractivity contribution is 0.324. The van der Waals surface area contributed by atoms with E-state index in [4.69, 9.17) is 24.7 Å². The minimum Gasteiger partial charge on any atom is -0.495 e. The van der Waals surface area contributed by atoms with Crippen molar-refractivity contribution in [2.24, 2.45) is 0 Å². The highest BCUT2D eigenvalue weighted by Crippen LogP contribution is 2.40. The standard InChI is InChI=1S/C21H25NO4/c1-13(9-15-7-8-18(23-3)17(22)10-15)14(2)16-11-19(24-4)21(26-6)20(12-16)25-5/h7-12H,2,22H2,1,3-6H3/b13-9+. The normalized spacial score (nSPS) is 11.0. The fourth-order valence-electron chi connectivity index (χ4n) is 2.66. The maximum absolute atomic E-state index is 5.98. The molecule has 2 N–H and O–H groups in total. The van der Waals surface area contributed by atoms with Gasteiger partial charge < -0.3 is 24.7 Å². The molecule has 0 aliphatic rings. The van der Waals surface area contributed by atoms with Crippen molar-refractivity contribution in [3.8, 4) is 23.0 Å². The highest BCUT2D eigenvalue weighted by Gasteiger charge is 2.15. The van der Waals surface area contributed by atoms with Crippen molar-refractivity contribution in [2.75, 3.05) is 34.2 Å². The molecule has 26 heavy (non-hydrogen) atoms. The largest absolute Gasteiger partial charge is 0.495 e. The molecular formula is C21H25NO4. The van der Waals surface area contributed by atoms with Crippen molar-refractivity contribution >= 4 is 17.3 Å². The monoisotopic (exact) mass is 355 g/mol. The average molecular weight is 355 g/mol. The van der Waals surface area contributed by atoms with Crippen molar-refractivity contribution in [1.29, 1.82) is 0 Å². The predicted molar refractivity (Wildman–Crippen MR) is 106 cm³/mol. The average Bonchev–Trinajstić information content (AvgIpc) is 2.66. The first-order valence-corrected chi connectivity index (χ1v) is 8.06. The first-order chi connectivity index (χ1) is 12.4. The van der Waals surface area contributed by atoms with Crippen LogP contribution in [0.5, 0.6) is 23.0 Å². The Hall–Kier alpha value is -3.08. The van der Waals surface area contributed by atoms with Crippen molar-refractivity contribution in [3.63, 3.8) is 0 Å². The van der Waals surface area contributed by atoms with Crippen LogP contribution >= 0.6 is 0 Å². The van der Waals surface area contributed by atoms with Gasteiger partial charge in [-0.05, 0) is 53.5 Å². The number of methoxy groups -OCH3 is 4. The number of ether oxygens (including phenoxy) is 4. The highest BCUT2D eigenvalue weighted by molar-refractivity contribution is 5.84. The summed E-state index contributed by atoms with van der Waals surface area (Å²) in [7, 11) is 6.35. The summed E-state index contributed by atoms with van der Waals surface area (Å²) < 4.78 is 21.4. The van der Waals surface area contributed by atoms with Crippen LogP contribution in [-0.4, -0.2) is 28.4 Å². The number of allylic oxidation sites excluding steroid dienone is 2. The van der Waals surface area contributed by atoms with Crippen LogP contribution in [0.15, 0.2) is 42.5 Å². The van der Waals surface area contributed by atoms with Gasteiger partial charge in [-0.2, -0.15) is 0 Å². The summed E-state index contributed by atoms with van der Waals surface area (Å²) in [6.45, 7) is 6.20. The molecule has 138 valence electrons. The van der Waals surface area contributed by atoms with Gasteiger partial charge in [0.1, 0.15) is 5.75 Å². The Bertz CT molecular complexity index is 815. The molecule has 0 radical (unpaired) electrons. The summed E-state index contributed by atoms with van der Waals surface area (Å²) in [4.78, 5) is 0. The van der Waals surface area contributed by atoms with E-state index < -0.39 is 0 Å². The molecule has 0 saturated heterocycles. The van der Waals surface area contributed by atoms with E-state index in [1.807, 2.05) is 43.3 Å². The summed E-state index contributed by atoms with van der Waals surface area (Å²) in [5, 5.41) is 0. The first-order valence-electron chi connectivity index (χ1n) is 8.06. The maximum Gasteiger partial charge on any atom is 0.203 e. The lowest BCUT2D eigenvalue weighted by Gasteiger charge is -2.15. The molecule has 2 aromatic rings. The third-order valence-electron chi connectivity index (χ3n) is 4.13. The number of nitrogen functional groups attached to an aromatic ring is 1. The second kappa shape index (κ2) is 8.34. The van der Waals surface area contributed by atoms with Gasteiger partial charge in [0.2, 0.25) is 5.75 Å². The zero-order valence-corrected chi connectivity index (χ0v) is 15.9. The van der Waals surface area contributed by atoms with Gasteiger partial charge in [-0.15, -0.1) is 0 Å². The fraction of sp³-hybridized carbons (Fsp3) is 0.238. The van der Waals surface area contributed by atoms with E-state index >= 15 is 0 Å². The Morgan fingerprint density at radius 2 is 1.46 bits per heavy atom. The maximum atomic E-state index is 5.98. The summed E-state index contributed by atoms with van der Waals surface area (Å²) in [6.07, 6.45) is 2.02. The second-order valence-corrected chi connectivity index (χ2v) is 5.72. The molecule has 2 rings (SSSR count). The van der Waals surface area contributed by atoms with Gasteiger partial charge in [-0.3, -0.25) is 0 Å². The summed E-state index contributed by atoms with van der Waals surface area (Å²) in [6, 6.07) is 9.41. The van der Waals surface area contributed by atoms with Gasteiger partial charge in [0.05, 0.1) is 34.1 Å². The van der Waals surface area contributed by atoms with E-state index in [1.54, 1.807) is 28.4 Å². The van der Waals surface area contributed by atoms with E-state index in [2.05, 4.69) is 6.58 Å². The van der Waals surface area contributed by atoms with Crippen LogP contribution < -0.4 is 24.7 Å². The van der Waals surface area contributed by atoms with E-state index in [0.29, 0.717) is 28.7 Å². The predicted octanol–water partition coefficient (Wildman–Crippen LogP) is 4.42. The van der Waals surface area contributed by atoms with Crippen LogP contribution in [0.1, 0.15) is 18.1 Å². The summed E-state index contributed by atoms with van der Waals surface area (Å²) in [5.41, 5.74) is 10.3. The number of anilines is 1. The van der Waals surface area contributed by atoms with Crippen molar-refractivity contribution < 1.29 is 18.9 Å². The molecule has 0 aliphatic heterocycles. The molecule has 0 aromatic heterocycles. The summed E-state index contributed by atoms with van der Waals surface area (Å²) >= 11 is 0. The van der Waals surface area contributed by atoms with Crippen LogP contribution in [0.3, 0.4) is 0 Å². The Labute approximate surface area is 154 Å². The summed E-state index contributed by atoms with van der Waals surface area (Å²) in [5.74, 6) is 2.38. The lowest BCUT2D eigenvalue weighted by atomic mass is 9.98. The molecule has 2 aromatic carbocycles. The number of benzene rings is 2. The minimum absolute atomic E-state index is 0.552. The van der Waals surface area contributed by atoms with Crippen LogP contribution in [0.4, 0.5) is 5.69 Å². The van der Waals surface area contributed by atoms with Gasteiger partial charge in [-0.1, -0.05) is 18.7 Å². The topological polar surface area (TPSA) is 62.9 Å². The molecule has 0 amide bonds. The van der Waals surface area contributed by atoms with Crippen LogP contribution in [0.2, 0.25) is 0 Å². The number of nitrogens with two attached hydrogens (primary N) is 1. The molecule has 0 heterocycles. The van der Waals surface area contributed by atoms with Crippen LogP contribution in [0.25, 0.3) is 11.6 Å². The van der Waals surface area contributed by atoms with Crippen LogP contribution in [-0.2, 0) is 0 Å².